The highest BCUT2D eigenvalue weighted by Gasteiger charge is 2.07. The molecule has 0 fully saturated rings. The number of fused-ring (bicyclic) bond motifs is 1. The van der Waals surface area contributed by atoms with Crippen molar-refractivity contribution in [1.29, 1.82) is 0 Å². The molecule has 0 amide bonds. The van der Waals surface area contributed by atoms with Gasteiger partial charge in [0, 0.05) is 12.6 Å². The largest absolute Gasteiger partial charge is 0.369 e. The summed E-state index contributed by atoms with van der Waals surface area (Å²) in [7, 11) is 0. The summed E-state index contributed by atoms with van der Waals surface area (Å²) in [5.74, 6) is 0.942. The van der Waals surface area contributed by atoms with Crippen LogP contribution in [0.1, 0.15) is 25.3 Å². The summed E-state index contributed by atoms with van der Waals surface area (Å²) in [5, 5.41) is 5.48. The van der Waals surface area contributed by atoms with Crippen LogP contribution in [0, 0.1) is 6.92 Å². The molecule has 4 nitrogen and oxygen atoms in total. The summed E-state index contributed by atoms with van der Waals surface area (Å²) in [6, 6.07) is 0.270. The zero-order chi connectivity index (χ0) is 12.3. The molecule has 0 spiro atoms. The average molecular weight is 250 g/mol. The number of nitrogens with zero attached hydrogens (tertiary/aromatic N) is 2. The first kappa shape index (κ1) is 12.3. The van der Waals surface area contributed by atoms with Crippen molar-refractivity contribution in [3.05, 3.63) is 17.3 Å². The number of aryl methyl sites for hydroxylation is 1. The monoisotopic (exact) mass is 250 g/mol. The van der Waals surface area contributed by atoms with Crippen LogP contribution < -0.4 is 11.1 Å². The van der Waals surface area contributed by atoms with Gasteiger partial charge in [-0.05, 0) is 37.6 Å². The molecule has 0 aliphatic carbocycles. The first-order chi connectivity index (χ1) is 8.18. The Labute approximate surface area is 105 Å². The van der Waals surface area contributed by atoms with Crippen LogP contribution in [0.4, 0.5) is 5.82 Å². The van der Waals surface area contributed by atoms with Crippen molar-refractivity contribution in [1.82, 2.24) is 9.97 Å². The minimum Gasteiger partial charge on any atom is -0.369 e. The highest BCUT2D eigenvalue weighted by Crippen LogP contribution is 2.28. The summed E-state index contributed by atoms with van der Waals surface area (Å²) in [4.78, 5) is 8.59. The van der Waals surface area contributed by atoms with E-state index in [4.69, 9.17) is 5.73 Å². The number of hydrogen-bond donors (Lipinski definition) is 2. The molecular weight excluding hydrogens is 232 g/mol. The smallest absolute Gasteiger partial charge is 0.147 e. The number of nitrogens with one attached hydrogen (secondary N) is 1. The fraction of sp³-hybridized carbons (Fsp3) is 0.500. The number of hydrogen-bond acceptors (Lipinski definition) is 5. The summed E-state index contributed by atoms with van der Waals surface area (Å²) in [6.45, 7) is 5.02. The predicted molar refractivity (Wildman–Crippen MR) is 73.5 cm³/mol. The second-order valence-electron chi connectivity index (χ2n) is 4.37. The Balaban J connectivity index is 2.03. The molecule has 2 aromatic heterocycles. The molecule has 0 saturated carbocycles. The highest BCUT2D eigenvalue weighted by molar-refractivity contribution is 7.18. The van der Waals surface area contributed by atoms with Gasteiger partial charge in [0.1, 0.15) is 12.1 Å². The molecule has 3 N–H and O–H groups in total. The maximum absolute atomic E-state index is 5.71. The summed E-state index contributed by atoms with van der Waals surface area (Å²) < 4.78 is 1.14. The maximum atomic E-state index is 5.71. The molecule has 0 aliphatic rings. The normalized spacial score (nSPS) is 12.9. The molecular formula is C12H18N4S. The standard InChI is InChI=1S/C12H18N4S/c1-8-6-17-11-10(8)15-7-16-12(11)14-5-3-4-9(2)13/h6-7,9H,3-5,13H2,1-2H3,(H,14,15,16). The lowest BCUT2D eigenvalue weighted by molar-refractivity contribution is 0.639. The van der Waals surface area contributed by atoms with Crippen molar-refractivity contribution in [2.75, 3.05) is 11.9 Å². The van der Waals surface area contributed by atoms with Crippen molar-refractivity contribution in [3.63, 3.8) is 0 Å². The van der Waals surface area contributed by atoms with Crippen LogP contribution in [0.3, 0.4) is 0 Å². The van der Waals surface area contributed by atoms with Crippen molar-refractivity contribution >= 4 is 27.4 Å². The quantitative estimate of drug-likeness (QED) is 0.800. The van der Waals surface area contributed by atoms with Gasteiger partial charge in [-0.15, -0.1) is 11.3 Å². The zero-order valence-electron chi connectivity index (χ0n) is 10.2. The molecule has 1 unspecified atom stereocenters. The van der Waals surface area contributed by atoms with Crippen LogP contribution in [0.2, 0.25) is 0 Å². The molecule has 2 aromatic rings. The lowest BCUT2D eigenvalue weighted by Crippen LogP contribution is -2.16. The van der Waals surface area contributed by atoms with Crippen LogP contribution >= 0.6 is 11.3 Å². The minimum absolute atomic E-state index is 0.270. The number of rotatable bonds is 5. The lowest BCUT2D eigenvalue weighted by Gasteiger charge is -2.07. The van der Waals surface area contributed by atoms with E-state index in [0.29, 0.717) is 0 Å². The third-order valence-corrected chi connectivity index (χ3v) is 3.75. The Bertz CT molecular complexity index is 492. The fourth-order valence-electron chi connectivity index (χ4n) is 1.73. The Morgan fingerprint density at radius 2 is 2.29 bits per heavy atom. The van der Waals surface area contributed by atoms with Gasteiger partial charge in [0.05, 0.1) is 10.2 Å². The van der Waals surface area contributed by atoms with Gasteiger partial charge in [-0.25, -0.2) is 9.97 Å². The van der Waals surface area contributed by atoms with Gasteiger partial charge in [-0.1, -0.05) is 0 Å². The summed E-state index contributed by atoms with van der Waals surface area (Å²) in [5.41, 5.74) is 7.98. The van der Waals surface area contributed by atoms with Crippen molar-refractivity contribution in [2.45, 2.75) is 32.7 Å². The highest BCUT2D eigenvalue weighted by atomic mass is 32.1. The van der Waals surface area contributed by atoms with Crippen LogP contribution in [0.5, 0.6) is 0 Å². The van der Waals surface area contributed by atoms with E-state index in [1.807, 2.05) is 6.92 Å². The van der Waals surface area contributed by atoms with E-state index < -0.39 is 0 Å². The molecule has 0 aromatic carbocycles. The molecule has 0 radical (unpaired) electrons. The van der Waals surface area contributed by atoms with E-state index >= 15 is 0 Å². The molecule has 2 heterocycles. The average Bonchev–Trinajstić information content (AvgIpc) is 2.67. The lowest BCUT2D eigenvalue weighted by atomic mass is 10.2. The van der Waals surface area contributed by atoms with E-state index in [-0.39, 0.29) is 6.04 Å². The Morgan fingerprint density at radius 1 is 1.47 bits per heavy atom. The SMILES string of the molecule is Cc1csc2c(NCCCC(C)N)ncnc12. The van der Waals surface area contributed by atoms with Crippen molar-refractivity contribution in [2.24, 2.45) is 5.73 Å². The van der Waals surface area contributed by atoms with Gasteiger partial charge in [0.2, 0.25) is 0 Å². The topological polar surface area (TPSA) is 63.8 Å². The first-order valence-corrected chi connectivity index (χ1v) is 6.74. The Kier molecular flexibility index (Phi) is 3.91. The fourth-order valence-corrected chi connectivity index (χ4v) is 2.69. The molecule has 2 rings (SSSR count). The van der Waals surface area contributed by atoms with Gasteiger partial charge < -0.3 is 11.1 Å². The molecule has 0 aliphatic heterocycles. The van der Waals surface area contributed by atoms with E-state index in [1.165, 1.54) is 5.56 Å². The summed E-state index contributed by atoms with van der Waals surface area (Å²) in [6.07, 6.45) is 3.72. The molecule has 17 heavy (non-hydrogen) atoms. The predicted octanol–water partition coefficient (Wildman–Crippen LogP) is 2.54. The van der Waals surface area contributed by atoms with Gasteiger partial charge in [-0.3, -0.25) is 0 Å². The molecule has 0 saturated heterocycles. The number of anilines is 1. The van der Waals surface area contributed by atoms with Gasteiger partial charge in [-0.2, -0.15) is 0 Å². The van der Waals surface area contributed by atoms with Gasteiger partial charge in [0.15, 0.2) is 0 Å². The van der Waals surface area contributed by atoms with E-state index in [1.54, 1.807) is 17.7 Å². The third-order valence-electron chi connectivity index (χ3n) is 2.66. The zero-order valence-corrected chi connectivity index (χ0v) is 11.0. The third kappa shape index (κ3) is 2.92. The first-order valence-electron chi connectivity index (χ1n) is 5.86. The molecule has 5 heteroatoms. The van der Waals surface area contributed by atoms with Crippen LogP contribution in [-0.4, -0.2) is 22.6 Å². The van der Waals surface area contributed by atoms with Crippen LogP contribution in [0.25, 0.3) is 10.2 Å². The Hall–Kier alpha value is -1.20. The molecule has 1 atom stereocenters. The minimum atomic E-state index is 0.270. The van der Waals surface area contributed by atoms with Gasteiger partial charge >= 0.3 is 0 Å². The van der Waals surface area contributed by atoms with Crippen LogP contribution in [0.15, 0.2) is 11.7 Å². The van der Waals surface area contributed by atoms with E-state index in [9.17, 15) is 0 Å². The maximum Gasteiger partial charge on any atom is 0.147 e. The number of thiophene rings is 1. The molecule has 92 valence electrons. The molecule has 0 bridgehead atoms. The van der Waals surface area contributed by atoms with Gasteiger partial charge in [0.25, 0.3) is 0 Å². The number of aromatic nitrogens is 2. The van der Waals surface area contributed by atoms with E-state index in [2.05, 4.69) is 27.6 Å². The van der Waals surface area contributed by atoms with Crippen molar-refractivity contribution in [3.8, 4) is 0 Å². The second kappa shape index (κ2) is 5.42. The Morgan fingerprint density at radius 3 is 3.06 bits per heavy atom. The van der Waals surface area contributed by atoms with Crippen molar-refractivity contribution < 1.29 is 0 Å². The summed E-state index contributed by atoms with van der Waals surface area (Å²) >= 11 is 1.69. The second-order valence-corrected chi connectivity index (χ2v) is 5.24. The number of nitrogens with two attached hydrogens (primary N) is 1. The van der Waals surface area contributed by atoms with Crippen LogP contribution in [-0.2, 0) is 0 Å². The van der Waals surface area contributed by atoms with E-state index in [0.717, 1.165) is 35.4 Å².